The molecule has 2 aromatic rings. The number of nitrogens with one attached hydrogen (secondary N) is 1. The molecule has 27 heavy (non-hydrogen) atoms. The van der Waals surface area contributed by atoms with Crippen LogP contribution in [0.15, 0.2) is 48.5 Å². The third kappa shape index (κ3) is 5.52. The van der Waals surface area contributed by atoms with Gasteiger partial charge in [0.15, 0.2) is 0 Å². The largest absolute Gasteiger partial charge is 0.465 e. The van der Waals surface area contributed by atoms with Gasteiger partial charge in [0, 0.05) is 13.0 Å². The summed E-state index contributed by atoms with van der Waals surface area (Å²) in [4.78, 5) is 24.0. The lowest BCUT2D eigenvalue weighted by molar-refractivity contribution is -0.116. The number of hydrogen-bond donors (Lipinski definition) is 1. The van der Waals surface area contributed by atoms with Crippen molar-refractivity contribution in [1.29, 1.82) is 0 Å². The fraction of sp³-hybridized carbons (Fsp3) is 0.222. The highest BCUT2D eigenvalue weighted by atomic mass is 32.2. The van der Waals surface area contributed by atoms with Gasteiger partial charge in [-0.3, -0.25) is 9.10 Å². The van der Waals surface area contributed by atoms with Gasteiger partial charge in [0.2, 0.25) is 15.9 Å². The minimum absolute atomic E-state index is 0.125. The Morgan fingerprint density at radius 1 is 1.15 bits per heavy atom. The second-order valence-corrected chi connectivity index (χ2v) is 7.56. The number of rotatable bonds is 7. The molecule has 144 valence electrons. The molecule has 0 aromatic heterocycles. The topological polar surface area (TPSA) is 92.8 Å². The van der Waals surface area contributed by atoms with Crippen molar-refractivity contribution in [3.05, 3.63) is 59.9 Å². The van der Waals surface area contributed by atoms with E-state index in [0.717, 1.165) is 16.6 Å². The van der Waals surface area contributed by atoms with E-state index in [1.54, 1.807) is 12.1 Å². The predicted molar refractivity (Wildman–Crippen MR) is 99.6 cm³/mol. The van der Waals surface area contributed by atoms with Crippen LogP contribution < -0.4 is 9.62 Å². The molecule has 9 heteroatoms. The number of halogens is 1. The molecule has 2 rings (SSSR count). The Labute approximate surface area is 156 Å². The quantitative estimate of drug-likeness (QED) is 0.728. The minimum atomic E-state index is -3.72. The zero-order valence-electron chi connectivity index (χ0n) is 14.8. The Morgan fingerprint density at radius 2 is 1.85 bits per heavy atom. The summed E-state index contributed by atoms with van der Waals surface area (Å²) in [5.74, 6) is -1.70. The molecule has 7 nitrogen and oxygen atoms in total. The molecule has 0 aliphatic heterocycles. The highest BCUT2D eigenvalue weighted by molar-refractivity contribution is 7.92. The van der Waals surface area contributed by atoms with Crippen molar-refractivity contribution < 1.29 is 27.1 Å². The number of methoxy groups -OCH3 is 1. The van der Waals surface area contributed by atoms with E-state index < -0.39 is 27.7 Å². The molecule has 1 amide bonds. The van der Waals surface area contributed by atoms with Crippen LogP contribution in [0.2, 0.25) is 0 Å². The van der Waals surface area contributed by atoms with Crippen LogP contribution >= 0.6 is 0 Å². The molecule has 0 radical (unpaired) electrons. The predicted octanol–water partition coefficient (Wildman–Crippen LogP) is 2.41. The average Bonchev–Trinajstić information content (AvgIpc) is 2.60. The lowest BCUT2D eigenvalue weighted by atomic mass is 10.1. The van der Waals surface area contributed by atoms with E-state index in [4.69, 9.17) is 0 Å². The van der Waals surface area contributed by atoms with Crippen LogP contribution in [0.25, 0.3) is 0 Å². The Kier molecular flexibility index (Phi) is 6.51. The van der Waals surface area contributed by atoms with E-state index in [1.165, 1.54) is 37.4 Å². The van der Waals surface area contributed by atoms with Gasteiger partial charge in [-0.25, -0.2) is 17.6 Å². The van der Waals surface area contributed by atoms with Gasteiger partial charge in [-0.2, -0.15) is 0 Å². The van der Waals surface area contributed by atoms with E-state index in [-0.39, 0.29) is 29.9 Å². The van der Waals surface area contributed by atoms with Crippen molar-refractivity contribution in [3.8, 4) is 0 Å². The molecular formula is C18H19FN2O5S. The van der Waals surface area contributed by atoms with Crippen LogP contribution in [-0.2, 0) is 19.6 Å². The molecule has 0 atom stereocenters. The van der Waals surface area contributed by atoms with E-state index >= 15 is 0 Å². The first-order valence-corrected chi connectivity index (χ1v) is 9.77. The van der Waals surface area contributed by atoms with Gasteiger partial charge in [0.25, 0.3) is 0 Å². The minimum Gasteiger partial charge on any atom is -0.465 e. The molecular weight excluding hydrogens is 375 g/mol. The van der Waals surface area contributed by atoms with Crippen molar-refractivity contribution in [1.82, 2.24) is 0 Å². The number of para-hydroxylation sites is 1. The van der Waals surface area contributed by atoms with Crippen molar-refractivity contribution in [2.45, 2.75) is 6.42 Å². The standard InChI is InChI=1S/C18H19FN2O5S/c1-26-18(23)15-8-3-4-9-16(15)20-17(22)10-11-21(27(2,24)25)14-7-5-6-13(19)12-14/h3-9,12H,10-11H2,1-2H3,(H,20,22). The van der Waals surface area contributed by atoms with Gasteiger partial charge in [0.05, 0.1) is 30.3 Å². The van der Waals surface area contributed by atoms with Gasteiger partial charge in [-0.1, -0.05) is 18.2 Å². The van der Waals surface area contributed by atoms with E-state index in [2.05, 4.69) is 10.1 Å². The molecule has 0 saturated heterocycles. The molecule has 1 N–H and O–H groups in total. The average molecular weight is 394 g/mol. The fourth-order valence-corrected chi connectivity index (χ4v) is 3.33. The second kappa shape index (κ2) is 8.63. The van der Waals surface area contributed by atoms with Gasteiger partial charge in [0.1, 0.15) is 5.82 Å². The van der Waals surface area contributed by atoms with E-state index in [9.17, 15) is 22.4 Å². The molecule has 0 heterocycles. The lowest BCUT2D eigenvalue weighted by Gasteiger charge is -2.22. The van der Waals surface area contributed by atoms with Crippen LogP contribution in [0.3, 0.4) is 0 Å². The summed E-state index contributed by atoms with van der Waals surface area (Å²) in [6.45, 7) is -0.186. The molecule has 2 aromatic carbocycles. The lowest BCUT2D eigenvalue weighted by Crippen LogP contribution is -2.33. The van der Waals surface area contributed by atoms with Crippen LogP contribution in [0.5, 0.6) is 0 Å². The van der Waals surface area contributed by atoms with Crippen molar-refractivity contribution in [3.63, 3.8) is 0 Å². The summed E-state index contributed by atoms with van der Waals surface area (Å²) in [6.07, 6.45) is 0.779. The van der Waals surface area contributed by atoms with Gasteiger partial charge in [-0.15, -0.1) is 0 Å². The molecule has 0 fully saturated rings. The number of hydrogen-bond acceptors (Lipinski definition) is 5. The number of ether oxygens (including phenoxy) is 1. The molecule has 0 aliphatic carbocycles. The maximum Gasteiger partial charge on any atom is 0.339 e. The molecule has 0 unspecified atom stereocenters. The number of nitrogens with zero attached hydrogens (tertiary/aromatic N) is 1. The highest BCUT2D eigenvalue weighted by Gasteiger charge is 2.20. The molecule has 0 saturated carbocycles. The van der Waals surface area contributed by atoms with Gasteiger partial charge in [-0.05, 0) is 30.3 Å². The fourth-order valence-electron chi connectivity index (χ4n) is 2.41. The number of sulfonamides is 1. The normalized spacial score (nSPS) is 10.9. The van der Waals surface area contributed by atoms with E-state index in [0.29, 0.717) is 0 Å². The smallest absolute Gasteiger partial charge is 0.339 e. The summed E-state index contributed by atoms with van der Waals surface area (Å²) < 4.78 is 43.0. The number of esters is 1. The Bertz CT molecular complexity index is 946. The first kappa shape index (κ1) is 20.4. The van der Waals surface area contributed by atoms with Gasteiger partial charge < -0.3 is 10.1 Å². The van der Waals surface area contributed by atoms with Crippen LogP contribution in [0.1, 0.15) is 16.8 Å². The molecule has 0 spiro atoms. The number of carbonyl (C=O) groups excluding carboxylic acids is 2. The first-order chi connectivity index (χ1) is 12.7. The van der Waals surface area contributed by atoms with Crippen LogP contribution in [-0.4, -0.2) is 40.2 Å². The Morgan fingerprint density at radius 3 is 2.48 bits per heavy atom. The summed E-state index contributed by atoms with van der Waals surface area (Å²) in [6, 6.07) is 11.4. The number of amides is 1. The highest BCUT2D eigenvalue weighted by Crippen LogP contribution is 2.20. The summed E-state index contributed by atoms with van der Waals surface area (Å²) in [7, 11) is -2.49. The zero-order valence-corrected chi connectivity index (χ0v) is 15.6. The Balaban J connectivity index is 2.12. The van der Waals surface area contributed by atoms with Crippen molar-refractivity contribution in [2.75, 3.05) is 29.5 Å². The van der Waals surface area contributed by atoms with Crippen molar-refractivity contribution in [2.24, 2.45) is 0 Å². The van der Waals surface area contributed by atoms with Crippen LogP contribution in [0, 0.1) is 5.82 Å². The maximum atomic E-state index is 13.4. The summed E-state index contributed by atoms with van der Waals surface area (Å²) in [5, 5.41) is 2.56. The number of carbonyl (C=O) groups is 2. The van der Waals surface area contributed by atoms with Crippen LogP contribution in [0.4, 0.5) is 15.8 Å². The second-order valence-electron chi connectivity index (χ2n) is 5.65. The molecule has 0 bridgehead atoms. The summed E-state index contributed by atoms with van der Waals surface area (Å²) >= 11 is 0. The SMILES string of the molecule is COC(=O)c1ccccc1NC(=O)CCN(c1cccc(F)c1)S(C)(=O)=O. The first-order valence-electron chi connectivity index (χ1n) is 7.93. The molecule has 0 aliphatic rings. The third-order valence-corrected chi connectivity index (χ3v) is 4.84. The number of benzene rings is 2. The monoisotopic (exact) mass is 394 g/mol. The maximum absolute atomic E-state index is 13.4. The Hall–Kier alpha value is -2.94. The third-order valence-electron chi connectivity index (χ3n) is 3.64. The zero-order chi connectivity index (χ0) is 20.0. The summed E-state index contributed by atoms with van der Waals surface area (Å²) in [5.41, 5.74) is 0.560. The van der Waals surface area contributed by atoms with E-state index in [1.807, 2.05) is 0 Å². The van der Waals surface area contributed by atoms with Gasteiger partial charge >= 0.3 is 5.97 Å². The number of anilines is 2. The van der Waals surface area contributed by atoms with Crippen molar-refractivity contribution >= 4 is 33.3 Å².